The molecule has 0 aromatic heterocycles. The van der Waals surface area contributed by atoms with Gasteiger partial charge in [-0.2, -0.15) is 0 Å². The first kappa shape index (κ1) is 19.9. The third-order valence-electron chi connectivity index (χ3n) is 5.04. The predicted molar refractivity (Wildman–Crippen MR) is 96.6 cm³/mol. The van der Waals surface area contributed by atoms with Crippen LogP contribution in [0.5, 0.6) is 0 Å². The second-order valence-corrected chi connectivity index (χ2v) is 6.94. The summed E-state index contributed by atoms with van der Waals surface area (Å²) >= 11 is 0. The molecule has 22 heavy (non-hydrogen) atoms. The lowest BCUT2D eigenvalue weighted by Gasteiger charge is -2.38. The Morgan fingerprint density at radius 3 is 2.00 bits per heavy atom. The summed E-state index contributed by atoms with van der Waals surface area (Å²) in [5.41, 5.74) is 17.7. The fraction of sp³-hybridized carbons (Fsp3) is 1.00. The number of rotatable bonds is 13. The number of hydrogen-bond donors (Lipinski definition) is 3. The van der Waals surface area contributed by atoms with Gasteiger partial charge in [-0.25, -0.2) is 0 Å². The Labute approximate surface area is 138 Å². The molecule has 0 radical (unpaired) electrons. The normalized spacial score (nSPS) is 18.0. The summed E-state index contributed by atoms with van der Waals surface area (Å²) in [4.78, 5) is 2.63. The maximum Gasteiger partial charge on any atom is 0.0574 e. The quantitative estimate of drug-likeness (QED) is 0.361. The fourth-order valence-electron chi connectivity index (χ4n) is 3.66. The summed E-state index contributed by atoms with van der Waals surface area (Å²) < 4.78 is 0. The monoisotopic (exact) mass is 312 g/mol. The lowest BCUT2D eigenvalue weighted by atomic mass is 9.93. The molecule has 1 fully saturated rings. The average molecular weight is 313 g/mol. The van der Waals surface area contributed by atoms with Crippen LogP contribution in [0.3, 0.4) is 0 Å². The first-order chi connectivity index (χ1) is 10.8. The highest BCUT2D eigenvalue weighted by molar-refractivity contribution is 4.79. The molecule has 1 rings (SSSR count). The third-order valence-corrected chi connectivity index (χ3v) is 5.04. The van der Waals surface area contributed by atoms with E-state index in [2.05, 4.69) is 4.90 Å². The molecule has 4 nitrogen and oxygen atoms in total. The maximum atomic E-state index is 6.55. The highest BCUT2D eigenvalue weighted by Crippen LogP contribution is 2.25. The van der Waals surface area contributed by atoms with Crippen LogP contribution in [-0.2, 0) is 0 Å². The molecule has 1 atom stereocenters. The molecular weight excluding hydrogens is 272 g/mol. The first-order valence-electron chi connectivity index (χ1n) is 9.71. The van der Waals surface area contributed by atoms with E-state index in [-0.39, 0.29) is 6.17 Å². The molecule has 4 heteroatoms. The average Bonchev–Trinajstić information content (AvgIpc) is 2.55. The lowest BCUT2D eigenvalue weighted by molar-refractivity contribution is 0.0968. The lowest BCUT2D eigenvalue weighted by Crippen LogP contribution is -2.49. The van der Waals surface area contributed by atoms with Crippen molar-refractivity contribution in [1.82, 2.24) is 4.90 Å². The molecule has 1 aliphatic rings. The highest BCUT2D eigenvalue weighted by Gasteiger charge is 2.24. The third kappa shape index (κ3) is 8.47. The van der Waals surface area contributed by atoms with Crippen LogP contribution >= 0.6 is 0 Å². The maximum absolute atomic E-state index is 6.55. The van der Waals surface area contributed by atoms with Crippen LogP contribution in [0.25, 0.3) is 0 Å². The molecule has 0 heterocycles. The minimum Gasteiger partial charge on any atom is -0.330 e. The molecule has 0 aromatic rings. The Morgan fingerprint density at radius 2 is 1.36 bits per heavy atom. The summed E-state index contributed by atoms with van der Waals surface area (Å²) in [5.74, 6) is 0. The summed E-state index contributed by atoms with van der Waals surface area (Å²) in [5, 5.41) is 0. The second kappa shape index (κ2) is 13.3. The standard InChI is InChI=1S/C18H40N4/c19-14-8-1-2-10-16-22(17-11-5-3-6-12-17)18(21)13-7-4-9-15-20/h17-18H,1-16,19-21H2. The second-order valence-electron chi connectivity index (χ2n) is 6.94. The Kier molecular flexibility index (Phi) is 12.0. The van der Waals surface area contributed by atoms with Gasteiger partial charge in [0.2, 0.25) is 0 Å². The predicted octanol–water partition coefficient (Wildman–Crippen LogP) is 2.94. The minimum atomic E-state index is 0.246. The fourth-order valence-corrected chi connectivity index (χ4v) is 3.66. The van der Waals surface area contributed by atoms with E-state index < -0.39 is 0 Å². The first-order valence-corrected chi connectivity index (χ1v) is 9.71. The molecule has 6 N–H and O–H groups in total. The zero-order chi connectivity index (χ0) is 16.0. The highest BCUT2D eigenvalue weighted by atomic mass is 15.2. The van der Waals surface area contributed by atoms with E-state index in [4.69, 9.17) is 17.2 Å². The van der Waals surface area contributed by atoms with Gasteiger partial charge in [-0.05, 0) is 58.2 Å². The van der Waals surface area contributed by atoms with Crippen LogP contribution in [-0.4, -0.2) is 36.7 Å². The van der Waals surface area contributed by atoms with Gasteiger partial charge in [-0.1, -0.05) is 44.9 Å². The van der Waals surface area contributed by atoms with Gasteiger partial charge in [0.1, 0.15) is 0 Å². The Hall–Kier alpha value is -0.160. The molecule has 0 spiro atoms. The molecule has 0 saturated heterocycles. The molecule has 1 aliphatic carbocycles. The SMILES string of the molecule is NCCCCCCN(C(N)CCCCCN)C1CCCCC1. The van der Waals surface area contributed by atoms with Gasteiger partial charge >= 0.3 is 0 Å². The van der Waals surface area contributed by atoms with E-state index in [0.717, 1.165) is 38.4 Å². The molecule has 0 bridgehead atoms. The molecule has 132 valence electrons. The zero-order valence-electron chi connectivity index (χ0n) is 14.6. The van der Waals surface area contributed by atoms with Crippen molar-refractivity contribution in [3.05, 3.63) is 0 Å². The van der Waals surface area contributed by atoms with E-state index in [9.17, 15) is 0 Å². The van der Waals surface area contributed by atoms with Crippen molar-refractivity contribution in [3.63, 3.8) is 0 Å². The molecule has 1 unspecified atom stereocenters. The van der Waals surface area contributed by atoms with Crippen LogP contribution in [0.4, 0.5) is 0 Å². The molecule has 1 saturated carbocycles. The molecular formula is C18H40N4. The summed E-state index contributed by atoms with van der Waals surface area (Å²) in [6, 6.07) is 0.729. The van der Waals surface area contributed by atoms with Crippen molar-refractivity contribution < 1.29 is 0 Å². The molecule has 0 aromatic carbocycles. The number of hydrogen-bond acceptors (Lipinski definition) is 4. The van der Waals surface area contributed by atoms with E-state index in [1.165, 1.54) is 70.8 Å². The van der Waals surface area contributed by atoms with Crippen LogP contribution in [0, 0.1) is 0 Å². The van der Waals surface area contributed by atoms with Gasteiger partial charge in [0, 0.05) is 6.04 Å². The van der Waals surface area contributed by atoms with E-state index in [1.807, 2.05) is 0 Å². The van der Waals surface area contributed by atoms with E-state index in [0.29, 0.717) is 0 Å². The van der Waals surface area contributed by atoms with Gasteiger partial charge in [-0.15, -0.1) is 0 Å². The molecule has 0 aliphatic heterocycles. The van der Waals surface area contributed by atoms with Crippen LogP contribution < -0.4 is 17.2 Å². The Bertz CT molecular complexity index is 241. The summed E-state index contributed by atoms with van der Waals surface area (Å²) in [7, 11) is 0. The number of nitrogens with two attached hydrogens (primary N) is 3. The topological polar surface area (TPSA) is 81.3 Å². The minimum absolute atomic E-state index is 0.246. The largest absolute Gasteiger partial charge is 0.330 e. The van der Waals surface area contributed by atoms with Crippen LogP contribution in [0.2, 0.25) is 0 Å². The van der Waals surface area contributed by atoms with Gasteiger partial charge in [0.25, 0.3) is 0 Å². The van der Waals surface area contributed by atoms with Crippen LogP contribution in [0.1, 0.15) is 83.5 Å². The van der Waals surface area contributed by atoms with Gasteiger partial charge in [-0.3, -0.25) is 4.90 Å². The number of nitrogens with zero attached hydrogens (tertiary/aromatic N) is 1. The van der Waals surface area contributed by atoms with Gasteiger partial charge < -0.3 is 17.2 Å². The van der Waals surface area contributed by atoms with Crippen molar-refractivity contribution in [2.75, 3.05) is 19.6 Å². The van der Waals surface area contributed by atoms with Crippen molar-refractivity contribution in [2.45, 2.75) is 95.7 Å². The zero-order valence-corrected chi connectivity index (χ0v) is 14.6. The van der Waals surface area contributed by atoms with Gasteiger partial charge in [0.15, 0.2) is 0 Å². The van der Waals surface area contributed by atoms with Crippen molar-refractivity contribution in [1.29, 1.82) is 0 Å². The smallest absolute Gasteiger partial charge is 0.0574 e. The summed E-state index contributed by atoms with van der Waals surface area (Å²) in [6.45, 7) is 2.81. The Balaban J connectivity index is 2.34. The van der Waals surface area contributed by atoms with Crippen LogP contribution in [0.15, 0.2) is 0 Å². The van der Waals surface area contributed by atoms with Crippen molar-refractivity contribution in [3.8, 4) is 0 Å². The van der Waals surface area contributed by atoms with Crippen molar-refractivity contribution >= 4 is 0 Å². The molecule has 0 amide bonds. The summed E-state index contributed by atoms with van der Waals surface area (Å²) in [6.07, 6.45) is 16.8. The van der Waals surface area contributed by atoms with E-state index >= 15 is 0 Å². The van der Waals surface area contributed by atoms with Crippen molar-refractivity contribution in [2.24, 2.45) is 17.2 Å². The Morgan fingerprint density at radius 1 is 0.773 bits per heavy atom. The number of unbranched alkanes of at least 4 members (excludes halogenated alkanes) is 5. The van der Waals surface area contributed by atoms with Gasteiger partial charge in [0.05, 0.1) is 6.17 Å². The van der Waals surface area contributed by atoms with E-state index in [1.54, 1.807) is 0 Å².